The first-order chi connectivity index (χ1) is 9.98. The molecule has 1 saturated heterocycles. The molecule has 0 amide bonds. The molecular weight excluding hydrogens is 290 g/mol. The van der Waals surface area contributed by atoms with Crippen molar-refractivity contribution in [3.63, 3.8) is 0 Å². The number of hydrogen-bond donors (Lipinski definition) is 3. The minimum absolute atomic E-state index is 0.110. The first-order valence-corrected chi connectivity index (χ1v) is 9.39. The summed E-state index contributed by atoms with van der Waals surface area (Å²) in [6, 6.07) is 0.506. The third kappa shape index (κ3) is 7.10. The van der Waals surface area contributed by atoms with E-state index in [0.717, 1.165) is 19.6 Å². The molecule has 0 radical (unpaired) electrons. The van der Waals surface area contributed by atoms with Crippen LogP contribution < -0.4 is 15.8 Å². The Balaban J connectivity index is 2.15. The number of aliphatic imine (C=N–C) groups is 1. The minimum Gasteiger partial charge on any atom is -0.370 e. The first-order valence-electron chi connectivity index (χ1n) is 7.73. The van der Waals surface area contributed by atoms with Crippen LogP contribution in [0, 0.1) is 0 Å². The van der Waals surface area contributed by atoms with Crippen LogP contribution in [0.2, 0.25) is 0 Å². The standard InChI is InChI=1S/C13H29N5O2S/c1-3-18-10-5-7-12(18)11-16-13(14)15-8-6-9-17-21(19,20)4-2/h12,17H,3-11H2,1-2H3,(H3,14,15,16). The molecule has 0 aromatic carbocycles. The van der Waals surface area contributed by atoms with Gasteiger partial charge >= 0.3 is 0 Å². The van der Waals surface area contributed by atoms with Gasteiger partial charge in [0.05, 0.1) is 12.3 Å². The highest BCUT2D eigenvalue weighted by Crippen LogP contribution is 2.16. The molecule has 0 aliphatic carbocycles. The molecule has 8 heteroatoms. The molecule has 1 heterocycles. The molecule has 4 N–H and O–H groups in total. The Hall–Kier alpha value is -0.860. The van der Waals surface area contributed by atoms with Crippen LogP contribution in [0.15, 0.2) is 4.99 Å². The number of guanidine groups is 1. The van der Waals surface area contributed by atoms with Crippen LogP contribution in [-0.2, 0) is 10.0 Å². The molecule has 1 atom stereocenters. The highest BCUT2D eigenvalue weighted by atomic mass is 32.2. The lowest BCUT2D eigenvalue weighted by Gasteiger charge is -2.20. The maximum absolute atomic E-state index is 11.2. The predicted molar refractivity (Wildman–Crippen MR) is 86.8 cm³/mol. The number of likely N-dealkylation sites (tertiary alicyclic amines) is 1. The molecule has 1 aliphatic rings. The van der Waals surface area contributed by atoms with Gasteiger partial charge in [0, 0.05) is 19.1 Å². The minimum atomic E-state index is -3.10. The zero-order chi connectivity index (χ0) is 15.7. The van der Waals surface area contributed by atoms with Crippen molar-refractivity contribution >= 4 is 16.0 Å². The average Bonchev–Trinajstić information content (AvgIpc) is 2.92. The van der Waals surface area contributed by atoms with Crippen molar-refractivity contribution in [2.75, 3.05) is 38.5 Å². The number of hydrogen-bond acceptors (Lipinski definition) is 4. The van der Waals surface area contributed by atoms with Crippen molar-refractivity contribution in [1.29, 1.82) is 0 Å². The fourth-order valence-corrected chi connectivity index (χ4v) is 3.07. The Morgan fingerprint density at radius 2 is 2.14 bits per heavy atom. The number of nitrogens with zero attached hydrogens (tertiary/aromatic N) is 2. The lowest BCUT2D eigenvalue weighted by atomic mass is 10.2. The Bertz CT molecular complexity index is 424. The molecule has 0 bridgehead atoms. The van der Waals surface area contributed by atoms with E-state index < -0.39 is 10.0 Å². The van der Waals surface area contributed by atoms with Crippen LogP contribution in [0.3, 0.4) is 0 Å². The lowest BCUT2D eigenvalue weighted by Crippen LogP contribution is -2.37. The lowest BCUT2D eigenvalue weighted by molar-refractivity contribution is 0.273. The maximum Gasteiger partial charge on any atom is 0.211 e. The summed E-state index contributed by atoms with van der Waals surface area (Å²) in [7, 11) is -3.10. The Labute approximate surface area is 128 Å². The van der Waals surface area contributed by atoms with Gasteiger partial charge in [0.2, 0.25) is 10.0 Å². The molecule has 0 spiro atoms. The van der Waals surface area contributed by atoms with E-state index in [1.165, 1.54) is 12.8 Å². The Morgan fingerprint density at radius 1 is 1.38 bits per heavy atom. The van der Waals surface area contributed by atoms with Gasteiger partial charge in [-0.2, -0.15) is 0 Å². The summed E-state index contributed by atoms with van der Waals surface area (Å²) < 4.78 is 25.0. The van der Waals surface area contributed by atoms with E-state index in [2.05, 4.69) is 26.9 Å². The summed E-state index contributed by atoms with van der Waals surface area (Å²) in [6.07, 6.45) is 3.10. The van der Waals surface area contributed by atoms with Crippen molar-refractivity contribution in [2.24, 2.45) is 10.7 Å². The number of likely N-dealkylation sites (N-methyl/N-ethyl adjacent to an activating group) is 1. The average molecular weight is 319 g/mol. The van der Waals surface area contributed by atoms with Gasteiger partial charge in [0.25, 0.3) is 0 Å². The summed E-state index contributed by atoms with van der Waals surface area (Å²) in [4.78, 5) is 6.80. The summed E-state index contributed by atoms with van der Waals surface area (Å²) in [6.45, 7) is 7.77. The molecule has 1 unspecified atom stereocenters. The monoisotopic (exact) mass is 319 g/mol. The van der Waals surface area contributed by atoms with Gasteiger partial charge in [-0.15, -0.1) is 0 Å². The number of sulfonamides is 1. The van der Waals surface area contributed by atoms with Gasteiger partial charge in [0.15, 0.2) is 5.96 Å². The zero-order valence-corrected chi connectivity index (χ0v) is 14.0. The van der Waals surface area contributed by atoms with Crippen molar-refractivity contribution in [3.05, 3.63) is 0 Å². The van der Waals surface area contributed by atoms with Crippen LogP contribution in [0.1, 0.15) is 33.1 Å². The molecule has 1 fully saturated rings. The Morgan fingerprint density at radius 3 is 2.81 bits per heavy atom. The van der Waals surface area contributed by atoms with Crippen molar-refractivity contribution in [1.82, 2.24) is 14.9 Å². The van der Waals surface area contributed by atoms with E-state index >= 15 is 0 Å². The fourth-order valence-electron chi connectivity index (χ4n) is 2.41. The van der Waals surface area contributed by atoms with E-state index in [0.29, 0.717) is 31.5 Å². The molecular formula is C13H29N5O2S. The van der Waals surface area contributed by atoms with Crippen LogP contribution in [-0.4, -0.2) is 63.8 Å². The fraction of sp³-hybridized carbons (Fsp3) is 0.923. The van der Waals surface area contributed by atoms with E-state index in [1.54, 1.807) is 6.92 Å². The van der Waals surface area contributed by atoms with E-state index in [9.17, 15) is 8.42 Å². The molecule has 7 nitrogen and oxygen atoms in total. The van der Waals surface area contributed by atoms with Gasteiger partial charge in [0.1, 0.15) is 0 Å². The number of nitrogens with one attached hydrogen (secondary N) is 2. The summed E-state index contributed by atoms with van der Waals surface area (Å²) in [5, 5.41) is 3.02. The third-order valence-electron chi connectivity index (χ3n) is 3.74. The van der Waals surface area contributed by atoms with E-state index in [4.69, 9.17) is 5.73 Å². The maximum atomic E-state index is 11.2. The van der Waals surface area contributed by atoms with Gasteiger partial charge in [-0.25, -0.2) is 13.1 Å². The Kier molecular flexibility index (Phi) is 7.98. The molecule has 1 rings (SSSR count). The van der Waals surface area contributed by atoms with Gasteiger partial charge < -0.3 is 11.1 Å². The SMILES string of the molecule is CCN1CCCC1CN=C(N)NCCCNS(=O)(=O)CC. The van der Waals surface area contributed by atoms with Crippen LogP contribution >= 0.6 is 0 Å². The highest BCUT2D eigenvalue weighted by molar-refractivity contribution is 7.89. The molecule has 21 heavy (non-hydrogen) atoms. The van der Waals surface area contributed by atoms with Crippen molar-refractivity contribution in [3.8, 4) is 0 Å². The predicted octanol–water partition coefficient (Wildman–Crippen LogP) is -0.296. The molecule has 0 saturated carbocycles. The third-order valence-corrected chi connectivity index (χ3v) is 5.14. The smallest absolute Gasteiger partial charge is 0.211 e. The second-order valence-electron chi connectivity index (χ2n) is 5.23. The van der Waals surface area contributed by atoms with Crippen molar-refractivity contribution in [2.45, 2.75) is 39.2 Å². The van der Waals surface area contributed by atoms with Crippen LogP contribution in [0.5, 0.6) is 0 Å². The van der Waals surface area contributed by atoms with Gasteiger partial charge in [-0.3, -0.25) is 9.89 Å². The summed E-state index contributed by atoms with van der Waals surface area (Å²) >= 11 is 0. The number of nitrogens with two attached hydrogens (primary N) is 1. The molecule has 0 aromatic rings. The molecule has 0 aromatic heterocycles. The second kappa shape index (κ2) is 9.22. The summed E-state index contributed by atoms with van der Waals surface area (Å²) in [5.74, 6) is 0.551. The zero-order valence-electron chi connectivity index (χ0n) is 13.1. The van der Waals surface area contributed by atoms with E-state index in [1.807, 2.05) is 0 Å². The quantitative estimate of drug-likeness (QED) is 0.308. The van der Waals surface area contributed by atoms with Crippen LogP contribution in [0.25, 0.3) is 0 Å². The number of rotatable bonds is 9. The van der Waals surface area contributed by atoms with Gasteiger partial charge in [-0.05, 0) is 39.3 Å². The molecule has 1 aliphatic heterocycles. The van der Waals surface area contributed by atoms with Gasteiger partial charge in [-0.1, -0.05) is 6.92 Å². The topological polar surface area (TPSA) is 99.8 Å². The highest BCUT2D eigenvalue weighted by Gasteiger charge is 2.22. The second-order valence-corrected chi connectivity index (χ2v) is 7.32. The van der Waals surface area contributed by atoms with E-state index in [-0.39, 0.29) is 5.75 Å². The van der Waals surface area contributed by atoms with Crippen molar-refractivity contribution < 1.29 is 8.42 Å². The normalized spacial score (nSPS) is 20.9. The van der Waals surface area contributed by atoms with Crippen LogP contribution in [0.4, 0.5) is 0 Å². The summed E-state index contributed by atoms with van der Waals surface area (Å²) in [5.41, 5.74) is 5.81. The largest absolute Gasteiger partial charge is 0.370 e. The molecule has 124 valence electrons. The first kappa shape index (κ1) is 18.2.